The monoisotopic (exact) mass is 561 g/mol. The molecule has 0 radical (unpaired) electrons. The fourth-order valence-corrected chi connectivity index (χ4v) is 6.91. The number of rotatable bonds is 6. The number of aryl methyl sites for hydroxylation is 1. The van der Waals surface area contributed by atoms with Gasteiger partial charge in [-0.1, -0.05) is 19.1 Å². The topological polar surface area (TPSA) is 73.2 Å². The summed E-state index contributed by atoms with van der Waals surface area (Å²) in [7, 11) is 3.12. The minimum absolute atomic E-state index is 0.181. The third kappa shape index (κ3) is 5.35. The average molecular weight is 562 g/mol. The minimum atomic E-state index is -0.593. The van der Waals surface area contributed by atoms with Crippen molar-refractivity contribution in [2.45, 2.75) is 77.6 Å². The Kier molecular flexibility index (Phi) is 7.92. The molecule has 1 aromatic heterocycles. The van der Waals surface area contributed by atoms with Gasteiger partial charge in [0.25, 0.3) is 0 Å². The van der Waals surface area contributed by atoms with E-state index in [0.29, 0.717) is 18.2 Å². The zero-order valence-electron chi connectivity index (χ0n) is 25.5. The Hall–Kier alpha value is -3.36. The lowest BCUT2D eigenvalue weighted by Crippen LogP contribution is -2.61. The van der Waals surface area contributed by atoms with Crippen LogP contribution in [0.25, 0.3) is 10.9 Å². The van der Waals surface area contributed by atoms with Crippen molar-refractivity contribution in [2.24, 2.45) is 0 Å². The number of nitrogens with zero attached hydrogens (tertiary/aromatic N) is 3. The van der Waals surface area contributed by atoms with Crippen molar-refractivity contribution in [1.82, 2.24) is 14.4 Å². The molecular formula is C33H43N3O5. The molecule has 0 saturated carbocycles. The molecule has 220 valence electrons. The van der Waals surface area contributed by atoms with Crippen LogP contribution in [0, 0.1) is 6.92 Å². The number of benzene rings is 2. The summed E-state index contributed by atoms with van der Waals surface area (Å²) < 4.78 is 18.2. The molecule has 2 bridgehead atoms. The highest BCUT2D eigenvalue weighted by atomic mass is 16.6. The summed E-state index contributed by atoms with van der Waals surface area (Å²) >= 11 is 0. The van der Waals surface area contributed by atoms with Crippen molar-refractivity contribution < 1.29 is 23.8 Å². The molecule has 8 heteroatoms. The van der Waals surface area contributed by atoms with Gasteiger partial charge in [-0.2, -0.15) is 0 Å². The molecule has 2 saturated heterocycles. The van der Waals surface area contributed by atoms with Crippen molar-refractivity contribution >= 4 is 23.0 Å². The lowest BCUT2D eigenvalue weighted by molar-refractivity contribution is -0.0585. The minimum Gasteiger partial charge on any atom is -0.496 e. The third-order valence-electron chi connectivity index (χ3n) is 8.88. The van der Waals surface area contributed by atoms with Crippen LogP contribution in [0.3, 0.4) is 0 Å². The van der Waals surface area contributed by atoms with Crippen LogP contribution in [0.4, 0.5) is 4.79 Å². The first-order valence-electron chi connectivity index (χ1n) is 14.6. The number of ether oxygens (including phenoxy) is 3. The van der Waals surface area contributed by atoms with Gasteiger partial charge in [-0.3, -0.25) is 9.47 Å². The van der Waals surface area contributed by atoms with Gasteiger partial charge in [0.1, 0.15) is 11.4 Å². The van der Waals surface area contributed by atoms with Crippen LogP contribution in [-0.2, 0) is 21.6 Å². The van der Waals surface area contributed by atoms with Crippen molar-refractivity contribution in [3.05, 3.63) is 64.8 Å². The van der Waals surface area contributed by atoms with E-state index >= 15 is 0 Å². The summed E-state index contributed by atoms with van der Waals surface area (Å²) in [5, 5.41) is 0.997. The summed E-state index contributed by atoms with van der Waals surface area (Å²) in [6.45, 7) is 13.6. The molecule has 41 heavy (non-hydrogen) atoms. The van der Waals surface area contributed by atoms with Crippen molar-refractivity contribution in [3.8, 4) is 5.75 Å². The Morgan fingerprint density at radius 3 is 2.44 bits per heavy atom. The Bertz CT molecular complexity index is 1440. The van der Waals surface area contributed by atoms with E-state index in [-0.39, 0.29) is 17.6 Å². The molecule has 0 aliphatic carbocycles. The summed E-state index contributed by atoms with van der Waals surface area (Å²) in [5.74, 6) is 0.496. The number of aromatic nitrogens is 1. The van der Waals surface area contributed by atoms with E-state index in [2.05, 4.69) is 28.9 Å². The van der Waals surface area contributed by atoms with Gasteiger partial charge in [0.05, 0.1) is 25.3 Å². The fourth-order valence-electron chi connectivity index (χ4n) is 6.91. The number of fused-ring (bicyclic) bond motifs is 3. The standard InChI is InChI=1S/C33H43N3O5/c1-8-34-18-15-33(24-11-9-23(10-12-24)30(37)40-7)20-25(34)13-16-35(33)21-27-26-14-17-36(31(38)41-32(3,4)5)29(26)22(2)19-28(27)39-6/h9-12,14,17,19,25H,8,13,15-16,18,20-21H2,1-7H3/t25-,33+/m1/s1. The quantitative estimate of drug-likeness (QED) is 0.336. The molecule has 0 amide bonds. The van der Waals surface area contributed by atoms with Gasteiger partial charge in [-0.05, 0) is 88.9 Å². The van der Waals surface area contributed by atoms with E-state index in [1.807, 2.05) is 58.2 Å². The molecule has 3 heterocycles. The van der Waals surface area contributed by atoms with E-state index in [9.17, 15) is 9.59 Å². The van der Waals surface area contributed by atoms with Crippen LogP contribution in [0.5, 0.6) is 5.75 Å². The number of carbonyl (C=O) groups is 2. The highest BCUT2D eigenvalue weighted by Gasteiger charge is 2.48. The molecular weight excluding hydrogens is 518 g/mol. The zero-order chi connectivity index (χ0) is 29.5. The number of likely N-dealkylation sites (tertiary alicyclic amines) is 2. The lowest BCUT2D eigenvalue weighted by Gasteiger charge is -2.56. The van der Waals surface area contributed by atoms with Gasteiger partial charge < -0.3 is 19.1 Å². The van der Waals surface area contributed by atoms with Crippen molar-refractivity contribution in [3.63, 3.8) is 0 Å². The third-order valence-corrected chi connectivity index (χ3v) is 8.88. The van der Waals surface area contributed by atoms with Crippen molar-refractivity contribution in [1.29, 1.82) is 0 Å². The highest BCUT2D eigenvalue weighted by molar-refractivity contribution is 5.95. The van der Waals surface area contributed by atoms with Crippen LogP contribution in [0.2, 0.25) is 0 Å². The van der Waals surface area contributed by atoms with Crippen LogP contribution in [0.15, 0.2) is 42.6 Å². The van der Waals surface area contributed by atoms with Crippen LogP contribution in [0.1, 0.15) is 74.0 Å². The number of piperidine rings is 2. The SMILES string of the molecule is CCN1CC[C@@]2(c3ccc(C(=O)OC)cc3)C[C@H]1CCN2Cc1c(OC)cc(C)c2c1ccn2C(=O)OC(C)(C)C. The van der Waals surface area contributed by atoms with Crippen molar-refractivity contribution in [2.75, 3.05) is 33.9 Å². The molecule has 2 aliphatic heterocycles. The van der Waals surface area contributed by atoms with E-state index in [4.69, 9.17) is 14.2 Å². The Morgan fingerprint density at radius 2 is 1.80 bits per heavy atom. The second-order valence-corrected chi connectivity index (χ2v) is 12.3. The average Bonchev–Trinajstić information content (AvgIpc) is 3.41. The second-order valence-electron chi connectivity index (χ2n) is 12.3. The molecule has 0 spiro atoms. The number of methoxy groups -OCH3 is 2. The van der Waals surface area contributed by atoms with Gasteiger partial charge in [0.15, 0.2) is 0 Å². The Balaban J connectivity index is 1.58. The first kappa shape index (κ1) is 29.1. The summed E-state index contributed by atoms with van der Waals surface area (Å²) in [5.41, 5.74) is 3.88. The molecule has 2 fully saturated rings. The predicted molar refractivity (Wildman–Crippen MR) is 160 cm³/mol. The molecule has 0 N–H and O–H groups in total. The van der Waals surface area contributed by atoms with Gasteiger partial charge in [0, 0.05) is 48.4 Å². The molecule has 0 unspecified atom stereocenters. The lowest BCUT2D eigenvalue weighted by atomic mass is 9.72. The Labute approximate surface area is 243 Å². The maximum Gasteiger partial charge on any atom is 0.419 e. The zero-order valence-corrected chi connectivity index (χ0v) is 25.5. The number of hydrogen-bond acceptors (Lipinski definition) is 7. The Morgan fingerprint density at radius 1 is 1.07 bits per heavy atom. The first-order chi connectivity index (χ1) is 19.5. The van der Waals surface area contributed by atoms with Crippen LogP contribution in [-0.4, -0.2) is 71.9 Å². The normalized spacial score (nSPS) is 21.6. The maximum atomic E-state index is 13.1. The predicted octanol–water partition coefficient (Wildman–Crippen LogP) is 6.11. The van der Waals surface area contributed by atoms with Gasteiger partial charge in [-0.15, -0.1) is 0 Å². The highest BCUT2D eigenvalue weighted by Crippen LogP contribution is 2.47. The smallest absolute Gasteiger partial charge is 0.419 e. The molecule has 2 aliphatic rings. The summed E-state index contributed by atoms with van der Waals surface area (Å²) in [6, 6.07) is 12.5. The molecule has 3 aromatic rings. The number of esters is 1. The van der Waals surface area contributed by atoms with Crippen LogP contribution < -0.4 is 4.74 Å². The van der Waals surface area contributed by atoms with Gasteiger partial charge in [-0.25, -0.2) is 9.59 Å². The second kappa shape index (κ2) is 11.1. The number of hydrogen-bond donors (Lipinski definition) is 0. The maximum absolute atomic E-state index is 13.1. The van der Waals surface area contributed by atoms with E-state index < -0.39 is 5.60 Å². The molecule has 8 nitrogen and oxygen atoms in total. The van der Waals surface area contributed by atoms with Gasteiger partial charge in [0.2, 0.25) is 0 Å². The largest absolute Gasteiger partial charge is 0.496 e. The molecule has 2 aromatic carbocycles. The summed E-state index contributed by atoms with van der Waals surface area (Å²) in [4.78, 5) is 30.5. The van der Waals surface area contributed by atoms with Gasteiger partial charge >= 0.3 is 12.1 Å². The molecule has 2 atom stereocenters. The van der Waals surface area contributed by atoms with Crippen LogP contribution >= 0.6 is 0 Å². The fraction of sp³-hybridized carbons (Fsp3) is 0.515. The van der Waals surface area contributed by atoms with E-state index in [1.54, 1.807) is 11.7 Å². The summed E-state index contributed by atoms with van der Waals surface area (Å²) in [6.07, 6.45) is 4.52. The number of carbonyl (C=O) groups excluding carboxylic acids is 2. The first-order valence-corrected chi connectivity index (χ1v) is 14.6. The van der Waals surface area contributed by atoms with E-state index in [1.165, 1.54) is 12.7 Å². The molecule has 5 rings (SSSR count). The van der Waals surface area contributed by atoms with E-state index in [0.717, 1.165) is 66.7 Å².